The number of hydrogen-bond acceptors (Lipinski definition) is 3. The van der Waals surface area contributed by atoms with Gasteiger partial charge in [0.2, 0.25) is 0 Å². The summed E-state index contributed by atoms with van der Waals surface area (Å²) in [4.78, 5) is 6.99. The van der Waals surface area contributed by atoms with E-state index < -0.39 is 0 Å². The molecule has 0 saturated carbocycles. The molecule has 1 aromatic rings. The third-order valence-electron chi connectivity index (χ3n) is 4.16. The topological polar surface area (TPSA) is 59.9 Å². The van der Waals surface area contributed by atoms with Gasteiger partial charge in [0.1, 0.15) is 0 Å². The molecule has 0 amide bonds. The van der Waals surface area contributed by atoms with Crippen molar-refractivity contribution in [3.8, 4) is 0 Å². The number of aliphatic hydroxyl groups excluding tert-OH is 1. The molecule has 1 heterocycles. The molecule has 1 aliphatic heterocycles. The van der Waals surface area contributed by atoms with E-state index in [4.69, 9.17) is 0 Å². The van der Waals surface area contributed by atoms with E-state index in [1.165, 1.54) is 11.1 Å². The van der Waals surface area contributed by atoms with Crippen LogP contribution in [0.4, 0.5) is 0 Å². The molecule has 0 bridgehead atoms. The smallest absolute Gasteiger partial charge is 0.191 e. The van der Waals surface area contributed by atoms with Crippen molar-refractivity contribution in [3.05, 3.63) is 48.0 Å². The molecule has 0 radical (unpaired) electrons. The van der Waals surface area contributed by atoms with E-state index in [-0.39, 0.29) is 6.10 Å². The lowest BCUT2D eigenvalue weighted by Crippen LogP contribution is -2.37. The number of nitrogens with one attached hydrogen (secondary N) is 2. The first-order chi connectivity index (χ1) is 11.7. The summed E-state index contributed by atoms with van der Waals surface area (Å²) >= 11 is 0. The van der Waals surface area contributed by atoms with Gasteiger partial charge in [-0.25, -0.2) is 4.99 Å². The van der Waals surface area contributed by atoms with Gasteiger partial charge < -0.3 is 15.7 Å². The fourth-order valence-electron chi connectivity index (χ4n) is 2.77. The van der Waals surface area contributed by atoms with Crippen molar-refractivity contribution in [1.29, 1.82) is 0 Å². The van der Waals surface area contributed by atoms with E-state index in [1.807, 2.05) is 6.08 Å². The maximum Gasteiger partial charge on any atom is 0.191 e. The Labute approximate surface area is 145 Å². The van der Waals surface area contributed by atoms with Crippen molar-refractivity contribution in [1.82, 2.24) is 15.5 Å². The van der Waals surface area contributed by atoms with E-state index in [2.05, 4.69) is 58.3 Å². The Morgan fingerprint density at radius 3 is 2.54 bits per heavy atom. The van der Waals surface area contributed by atoms with Gasteiger partial charge in [-0.2, -0.15) is 0 Å². The maximum atomic E-state index is 9.57. The maximum absolute atomic E-state index is 9.57. The van der Waals surface area contributed by atoms with Crippen LogP contribution in [0, 0.1) is 0 Å². The van der Waals surface area contributed by atoms with Gasteiger partial charge in [-0.05, 0) is 30.9 Å². The van der Waals surface area contributed by atoms with Crippen molar-refractivity contribution in [2.24, 2.45) is 4.99 Å². The second-order valence-electron chi connectivity index (χ2n) is 6.19. The standard InChI is InChI=1S/C19H30N4O/c1-3-11-21-19(20-4-2)22-14-16-5-7-17(8-6-16)15-23-12-9-18(24)10-13-23/h3,5-8,18,24H,1,4,9-15H2,2H3,(H2,20,21,22). The number of aliphatic imine (C=N–C) groups is 1. The van der Waals surface area contributed by atoms with Crippen molar-refractivity contribution in [2.45, 2.75) is 39.0 Å². The number of benzene rings is 1. The fraction of sp³-hybridized carbons (Fsp3) is 0.526. The predicted octanol–water partition coefficient (Wildman–Crippen LogP) is 1.88. The van der Waals surface area contributed by atoms with E-state index in [0.717, 1.165) is 45.0 Å². The second-order valence-corrected chi connectivity index (χ2v) is 6.19. The highest BCUT2D eigenvalue weighted by Gasteiger charge is 2.16. The van der Waals surface area contributed by atoms with Crippen molar-refractivity contribution >= 4 is 5.96 Å². The molecule has 5 nitrogen and oxygen atoms in total. The molecule has 0 unspecified atom stereocenters. The van der Waals surface area contributed by atoms with E-state index in [1.54, 1.807) is 0 Å². The molecule has 1 saturated heterocycles. The summed E-state index contributed by atoms with van der Waals surface area (Å²) < 4.78 is 0. The van der Waals surface area contributed by atoms with Crippen molar-refractivity contribution in [2.75, 3.05) is 26.2 Å². The molecule has 1 aromatic carbocycles. The quantitative estimate of drug-likeness (QED) is 0.406. The molecule has 132 valence electrons. The molecular weight excluding hydrogens is 300 g/mol. The first-order valence-electron chi connectivity index (χ1n) is 8.82. The molecule has 0 spiro atoms. The number of likely N-dealkylation sites (tertiary alicyclic amines) is 1. The Morgan fingerprint density at radius 2 is 1.92 bits per heavy atom. The van der Waals surface area contributed by atoms with Crippen LogP contribution in [0.25, 0.3) is 0 Å². The number of piperidine rings is 1. The number of nitrogens with zero attached hydrogens (tertiary/aromatic N) is 2. The minimum Gasteiger partial charge on any atom is -0.393 e. The van der Waals surface area contributed by atoms with Crippen LogP contribution in [-0.4, -0.2) is 48.2 Å². The Balaban J connectivity index is 1.85. The molecule has 24 heavy (non-hydrogen) atoms. The average molecular weight is 330 g/mol. The van der Waals surface area contributed by atoms with Crippen LogP contribution in [0.3, 0.4) is 0 Å². The van der Waals surface area contributed by atoms with E-state index >= 15 is 0 Å². The average Bonchev–Trinajstić information content (AvgIpc) is 2.60. The van der Waals surface area contributed by atoms with Crippen LogP contribution in [0.5, 0.6) is 0 Å². The second kappa shape index (κ2) is 10.1. The number of hydrogen-bond donors (Lipinski definition) is 3. The van der Waals surface area contributed by atoms with Crippen LogP contribution >= 0.6 is 0 Å². The van der Waals surface area contributed by atoms with Gasteiger partial charge in [0.25, 0.3) is 0 Å². The summed E-state index contributed by atoms with van der Waals surface area (Å²) in [7, 11) is 0. The highest BCUT2D eigenvalue weighted by Crippen LogP contribution is 2.14. The zero-order valence-corrected chi connectivity index (χ0v) is 14.7. The lowest BCUT2D eigenvalue weighted by molar-refractivity contribution is 0.0792. The van der Waals surface area contributed by atoms with Gasteiger partial charge in [0.15, 0.2) is 5.96 Å². The van der Waals surface area contributed by atoms with Gasteiger partial charge in [-0.3, -0.25) is 4.90 Å². The van der Waals surface area contributed by atoms with Gasteiger partial charge in [0.05, 0.1) is 12.6 Å². The Bertz CT molecular complexity index is 519. The van der Waals surface area contributed by atoms with Crippen LogP contribution in [-0.2, 0) is 13.1 Å². The molecule has 0 atom stereocenters. The summed E-state index contributed by atoms with van der Waals surface area (Å²) in [6.07, 6.45) is 3.48. The molecule has 0 aliphatic carbocycles. The molecule has 2 rings (SSSR count). The molecule has 1 aliphatic rings. The third-order valence-corrected chi connectivity index (χ3v) is 4.16. The minimum atomic E-state index is -0.109. The summed E-state index contributed by atoms with van der Waals surface area (Å²) in [6, 6.07) is 8.66. The summed E-state index contributed by atoms with van der Waals surface area (Å²) in [5, 5.41) is 16.0. The zero-order chi connectivity index (χ0) is 17.2. The summed E-state index contributed by atoms with van der Waals surface area (Å²) in [5.74, 6) is 0.813. The Hall–Kier alpha value is -1.85. The highest BCUT2D eigenvalue weighted by atomic mass is 16.3. The normalized spacial score (nSPS) is 16.8. The first-order valence-corrected chi connectivity index (χ1v) is 8.82. The number of rotatable bonds is 7. The zero-order valence-electron chi connectivity index (χ0n) is 14.7. The summed E-state index contributed by atoms with van der Waals surface area (Å²) in [5.41, 5.74) is 2.51. The van der Waals surface area contributed by atoms with Crippen LogP contribution in [0.15, 0.2) is 41.9 Å². The predicted molar refractivity (Wildman–Crippen MR) is 100.0 cm³/mol. The summed E-state index contributed by atoms with van der Waals surface area (Å²) in [6.45, 7) is 10.9. The SMILES string of the molecule is C=CCNC(=NCc1ccc(CN2CCC(O)CC2)cc1)NCC. The van der Waals surface area contributed by atoms with Crippen molar-refractivity contribution in [3.63, 3.8) is 0 Å². The van der Waals surface area contributed by atoms with Gasteiger partial charge in [-0.15, -0.1) is 6.58 Å². The Kier molecular flexibility index (Phi) is 7.79. The van der Waals surface area contributed by atoms with Crippen LogP contribution < -0.4 is 10.6 Å². The number of guanidine groups is 1. The van der Waals surface area contributed by atoms with Crippen LogP contribution in [0.1, 0.15) is 30.9 Å². The lowest BCUT2D eigenvalue weighted by Gasteiger charge is -2.29. The third kappa shape index (κ3) is 6.34. The number of aliphatic hydroxyl groups is 1. The first kappa shape index (κ1) is 18.5. The highest BCUT2D eigenvalue weighted by molar-refractivity contribution is 5.79. The lowest BCUT2D eigenvalue weighted by atomic mass is 10.1. The van der Waals surface area contributed by atoms with Crippen molar-refractivity contribution < 1.29 is 5.11 Å². The molecule has 1 fully saturated rings. The largest absolute Gasteiger partial charge is 0.393 e. The van der Waals surface area contributed by atoms with E-state index in [9.17, 15) is 5.11 Å². The minimum absolute atomic E-state index is 0.109. The fourth-order valence-corrected chi connectivity index (χ4v) is 2.77. The van der Waals surface area contributed by atoms with E-state index in [0.29, 0.717) is 13.1 Å². The monoisotopic (exact) mass is 330 g/mol. The van der Waals surface area contributed by atoms with Gasteiger partial charge >= 0.3 is 0 Å². The van der Waals surface area contributed by atoms with Gasteiger partial charge in [0, 0.05) is 32.7 Å². The molecule has 5 heteroatoms. The molecule has 3 N–H and O–H groups in total. The Morgan fingerprint density at radius 1 is 1.25 bits per heavy atom. The van der Waals surface area contributed by atoms with Crippen LogP contribution in [0.2, 0.25) is 0 Å². The molecular formula is C19H30N4O. The van der Waals surface area contributed by atoms with Gasteiger partial charge in [-0.1, -0.05) is 30.3 Å². The molecule has 0 aromatic heterocycles.